The molecule has 0 aromatic heterocycles. The van der Waals surface area contributed by atoms with Crippen LogP contribution in [-0.2, 0) is 14.3 Å². The van der Waals surface area contributed by atoms with Crippen LogP contribution in [0.5, 0.6) is 0 Å². The second-order valence-electron chi connectivity index (χ2n) is 20.7. The quantitative estimate of drug-likeness (QED) is 0.0321. The Labute approximate surface area is 418 Å². The number of nitrogens with one attached hydrogen (secondary N) is 1. The molecule has 6 nitrogen and oxygen atoms in total. The lowest BCUT2D eigenvalue weighted by Crippen LogP contribution is -2.45. The van der Waals surface area contributed by atoms with E-state index in [0.29, 0.717) is 19.4 Å². The van der Waals surface area contributed by atoms with Gasteiger partial charge >= 0.3 is 5.97 Å². The summed E-state index contributed by atoms with van der Waals surface area (Å²) in [5.74, 6) is -0.0603. The first kappa shape index (κ1) is 65.3. The van der Waals surface area contributed by atoms with Crippen molar-refractivity contribution >= 4 is 11.9 Å². The first-order valence-electron chi connectivity index (χ1n) is 30.1. The first-order valence-corrected chi connectivity index (χ1v) is 30.1. The van der Waals surface area contributed by atoms with Gasteiger partial charge in [0.05, 0.1) is 25.4 Å². The number of hydrogen-bond donors (Lipinski definition) is 3. The molecule has 0 saturated carbocycles. The molecule has 0 heterocycles. The zero-order chi connectivity index (χ0) is 48.6. The van der Waals surface area contributed by atoms with Crippen LogP contribution in [0.3, 0.4) is 0 Å². The minimum Gasteiger partial charge on any atom is -0.466 e. The van der Waals surface area contributed by atoms with Gasteiger partial charge in [0, 0.05) is 12.8 Å². The standard InChI is InChI=1S/C61H117NO5/c1-3-5-7-9-11-13-15-16-27-31-35-39-43-47-51-55-61(66)67-56-52-48-44-40-36-32-29-26-24-22-20-18-17-19-21-23-25-28-30-34-38-42-46-50-54-60(65)62-58(57-63)59(64)53-49-45-41-37-33-14-12-10-8-6-4-2/h16,27,49,53,58-59,63-64H,3-15,17-26,28-48,50-52,54-57H2,1-2H3,(H,62,65)/b27-16-,53-49+. The Balaban J connectivity index is 3.36. The van der Waals surface area contributed by atoms with Crippen LogP contribution >= 0.6 is 0 Å². The number of carbonyl (C=O) groups excluding carboxylic acids is 2. The molecule has 0 aliphatic heterocycles. The monoisotopic (exact) mass is 944 g/mol. The lowest BCUT2D eigenvalue weighted by atomic mass is 10.0. The van der Waals surface area contributed by atoms with E-state index in [0.717, 1.165) is 44.9 Å². The topological polar surface area (TPSA) is 95.9 Å². The molecule has 0 bridgehead atoms. The maximum Gasteiger partial charge on any atom is 0.305 e. The molecule has 0 aliphatic carbocycles. The number of carbonyl (C=O) groups is 2. The fourth-order valence-electron chi connectivity index (χ4n) is 9.34. The Morgan fingerprint density at radius 2 is 0.701 bits per heavy atom. The molecule has 6 heteroatoms. The second-order valence-corrected chi connectivity index (χ2v) is 20.7. The third-order valence-electron chi connectivity index (χ3n) is 14.0. The van der Waals surface area contributed by atoms with E-state index in [4.69, 9.17) is 4.74 Å². The molecule has 0 saturated heterocycles. The number of aliphatic hydroxyl groups is 2. The van der Waals surface area contributed by atoms with E-state index in [2.05, 4.69) is 31.3 Å². The summed E-state index contributed by atoms with van der Waals surface area (Å²) in [5, 5.41) is 23.0. The van der Waals surface area contributed by atoms with Gasteiger partial charge in [-0.15, -0.1) is 0 Å². The summed E-state index contributed by atoms with van der Waals surface area (Å²) < 4.78 is 5.48. The first-order chi connectivity index (χ1) is 33.0. The van der Waals surface area contributed by atoms with Crippen LogP contribution in [0.15, 0.2) is 24.3 Å². The molecule has 0 aliphatic rings. The van der Waals surface area contributed by atoms with Gasteiger partial charge in [0.2, 0.25) is 5.91 Å². The number of amides is 1. The summed E-state index contributed by atoms with van der Waals surface area (Å²) in [4.78, 5) is 24.5. The van der Waals surface area contributed by atoms with Crippen molar-refractivity contribution in [3.8, 4) is 0 Å². The van der Waals surface area contributed by atoms with Gasteiger partial charge in [0.15, 0.2) is 0 Å². The zero-order valence-corrected chi connectivity index (χ0v) is 45.1. The molecule has 2 atom stereocenters. The van der Waals surface area contributed by atoms with Crippen LogP contribution in [-0.4, -0.2) is 47.4 Å². The third-order valence-corrected chi connectivity index (χ3v) is 14.0. The number of hydrogen-bond acceptors (Lipinski definition) is 5. The summed E-state index contributed by atoms with van der Waals surface area (Å²) in [6.07, 6.45) is 69.3. The Bertz CT molecular complexity index is 1040. The van der Waals surface area contributed by atoms with E-state index >= 15 is 0 Å². The second kappa shape index (κ2) is 56.9. The van der Waals surface area contributed by atoms with Crippen LogP contribution < -0.4 is 5.32 Å². The van der Waals surface area contributed by atoms with Gasteiger partial charge in [-0.3, -0.25) is 9.59 Å². The molecule has 67 heavy (non-hydrogen) atoms. The van der Waals surface area contributed by atoms with Gasteiger partial charge in [-0.05, 0) is 57.8 Å². The highest BCUT2D eigenvalue weighted by Gasteiger charge is 2.18. The summed E-state index contributed by atoms with van der Waals surface area (Å²) in [5.41, 5.74) is 0. The number of aliphatic hydroxyl groups excluding tert-OH is 2. The predicted octanol–water partition coefficient (Wildman–Crippen LogP) is 18.6. The lowest BCUT2D eigenvalue weighted by molar-refractivity contribution is -0.143. The van der Waals surface area contributed by atoms with Crippen molar-refractivity contribution in [2.75, 3.05) is 13.2 Å². The maximum absolute atomic E-state index is 12.4. The molecule has 396 valence electrons. The number of rotatable bonds is 56. The normalized spacial score (nSPS) is 12.7. The predicted molar refractivity (Wildman–Crippen MR) is 292 cm³/mol. The average molecular weight is 945 g/mol. The summed E-state index contributed by atoms with van der Waals surface area (Å²) in [6, 6.07) is -0.625. The van der Waals surface area contributed by atoms with Crippen molar-refractivity contribution in [3.63, 3.8) is 0 Å². The molecule has 1 amide bonds. The van der Waals surface area contributed by atoms with E-state index in [1.54, 1.807) is 6.08 Å². The molecule has 0 radical (unpaired) electrons. The summed E-state index contributed by atoms with van der Waals surface area (Å²) in [7, 11) is 0. The molecule has 2 unspecified atom stereocenters. The van der Waals surface area contributed by atoms with Gasteiger partial charge in [-0.25, -0.2) is 0 Å². The maximum atomic E-state index is 12.4. The highest BCUT2D eigenvalue weighted by atomic mass is 16.5. The Hall–Kier alpha value is -1.66. The van der Waals surface area contributed by atoms with Crippen molar-refractivity contribution in [1.82, 2.24) is 5.32 Å². The number of unbranched alkanes of at least 4 members (excludes halogenated alkanes) is 43. The van der Waals surface area contributed by atoms with Crippen LogP contribution in [0.1, 0.15) is 328 Å². The molecular formula is C61H117NO5. The van der Waals surface area contributed by atoms with Gasteiger partial charge in [-0.1, -0.05) is 282 Å². The van der Waals surface area contributed by atoms with Crippen LogP contribution in [0.4, 0.5) is 0 Å². The molecule has 0 aromatic carbocycles. The van der Waals surface area contributed by atoms with Crippen molar-refractivity contribution in [1.29, 1.82) is 0 Å². The smallest absolute Gasteiger partial charge is 0.305 e. The van der Waals surface area contributed by atoms with Gasteiger partial charge < -0.3 is 20.3 Å². The minimum atomic E-state index is -0.842. The average Bonchev–Trinajstić information content (AvgIpc) is 3.33. The third kappa shape index (κ3) is 53.5. The van der Waals surface area contributed by atoms with Gasteiger partial charge in [0.25, 0.3) is 0 Å². The molecule has 0 aromatic rings. The lowest BCUT2D eigenvalue weighted by Gasteiger charge is -2.20. The highest BCUT2D eigenvalue weighted by Crippen LogP contribution is 2.17. The highest BCUT2D eigenvalue weighted by molar-refractivity contribution is 5.76. The summed E-state index contributed by atoms with van der Waals surface area (Å²) in [6.45, 7) is 4.89. The molecule has 0 spiro atoms. The Kier molecular flexibility index (Phi) is 55.5. The van der Waals surface area contributed by atoms with E-state index in [1.165, 1.54) is 257 Å². The fourth-order valence-corrected chi connectivity index (χ4v) is 9.34. The van der Waals surface area contributed by atoms with Crippen molar-refractivity contribution < 1.29 is 24.5 Å². The van der Waals surface area contributed by atoms with Crippen molar-refractivity contribution in [2.45, 2.75) is 341 Å². The van der Waals surface area contributed by atoms with Crippen LogP contribution in [0.2, 0.25) is 0 Å². The van der Waals surface area contributed by atoms with Crippen LogP contribution in [0.25, 0.3) is 0 Å². The van der Waals surface area contributed by atoms with Gasteiger partial charge in [-0.2, -0.15) is 0 Å². The Morgan fingerprint density at radius 3 is 1.06 bits per heavy atom. The van der Waals surface area contributed by atoms with Crippen LogP contribution in [0, 0.1) is 0 Å². The van der Waals surface area contributed by atoms with Crippen molar-refractivity contribution in [3.05, 3.63) is 24.3 Å². The van der Waals surface area contributed by atoms with E-state index in [9.17, 15) is 19.8 Å². The molecule has 0 fully saturated rings. The number of allylic oxidation sites excluding steroid dienone is 3. The zero-order valence-electron chi connectivity index (χ0n) is 45.1. The number of ether oxygens (including phenoxy) is 1. The SMILES string of the molecule is CCCCCCCC/C=C\CCCCCCCC(=O)OCCCCCCCCCCCCCCCCCCCCCCCCCCC(=O)NC(CO)C(O)/C=C/CCCCCCCCCCC. The summed E-state index contributed by atoms with van der Waals surface area (Å²) >= 11 is 0. The number of esters is 1. The largest absolute Gasteiger partial charge is 0.466 e. The minimum absolute atomic E-state index is 0.00709. The molecule has 0 rings (SSSR count). The van der Waals surface area contributed by atoms with E-state index in [1.807, 2.05) is 6.08 Å². The Morgan fingerprint density at radius 1 is 0.403 bits per heavy atom. The van der Waals surface area contributed by atoms with Crippen molar-refractivity contribution in [2.24, 2.45) is 0 Å². The fraction of sp³-hybridized carbons (Fsp3) is 0.902. The van der Waals surface area contributed by atoms with E-state index < -0.39 is 12.1 Å². The molecular weight excluding hydrogens is 827 g/mol. The molecule has 3 N–H and O–H groups in total. The van der Waals surface area contributed by atoms with E-state index in [-0.39, 0.29) is 18.5 Å². The van der Waals surface area contributed by atoms with Gasteiger partial charge in [0.1, 0.15) is 0 Å².